The Bertz CT molecular complexity index is 339. The third-order valence-electron chi connectivity index (χ3n) is 2.50. The fourth-order valence-corrected chi connectivity index (χ4v) is 1.96. The van der Waals surface area contributed by atoms with Crippen LogP contribution < -0.4 is 5.32 Å². The maximum absolute atomic E-state index is 11.7. The second kappa shape index (κ2) is 6.78. The Balaban J connectivity index is 4.35. The highest BCUT2D eigenvalue weighted by atomic mass is 32.2. The van der Waals surface area contributed by atoms with Gasteiger partial charge in [-0.25, -0.2) is 0 Å². The highest BCUT2D eigenvalue weighted by Crippen LogP contribution is 2.24. The van der Waals surface area contributed by atoms with Gasteiger partial charge in [-0.2, -0.15) is 0 Å². The zero-order valence-electron chi connectivity index (χ0n) is 11.4. The van der Waals surface area contributed by atoms with Crippen molar-refractivity contribution in [3.05, 3.63) is 0 Å². The molecule has 0 bridgehead atoms. The second-order valence-electron chi connectivity index (χ2n) is 5.00. The van der Waals surface area contributed by atoms with E-state index in [0.717, 1.165) is 11.8 Å². The summed E-state index contributed by atoms with van der Waals surface area (Å²) in [6.45, 7) is 8.21. The van der Waals surface area contributed by atoms with E-state index >= 15 is 0 Å². The number of carbonyl (C=O) groups is 3. The summed E-state index contributed by atoms with van der Waals surface area (Å²) in [5.41, 5.74) is 0. The Labute approximate surface area is 112 Å². The number of carbonyl (C=O) groups excluding carboxylic acids is 2. The lowest BCUT2D eigenvalue weighted by Crippen LogP contribution is -2.44. The zero-order chi connectivity index (χ0) is 14.5. The predicted molar refractivity (Wildman–Crippen MR) is 71.6 cm³/mol. The van der Waals surface area contributed by atoms with Gasteiger partial charge in [0.2, 0.25) is 5.91 Å². The molecular formula is C12H21NO4S. The molecule has 0 aliphatic rings. The van der Waals surface area contributed by atoms with Crippen LogP contribution in [-0.4, -0.2) is 39.3 Å². The number of thioether (sulfide) groups is 1. The molecule has 0 radical (unpaired) electrons. The van der Waals surface area contributed by atoms with E-state index in [1.807, 2.05) is 13.8 Å². The van der Waals surface area contributed by atoms with Crippen LogP contribution in [0.25, 0.3) is 0 Å². The van der Waals surface area contributed by atoms with E-state index in [2.05, 4.69) is 5.32 Å². The number of rotatable bonds is 7. The first kappa shape index (κ1) is 17.0. The Morgan fingerprint density at radius 1 is 1.28 bits per heavy atom. The lowest BCUT2D eigenvalue weighted by molar-refractivity contribution is -0.138. The second-order valence-corrected chi connectivity index (χ2v) is 6.60. The monoisotopic (exact) mass is 275 g/mol. The van der Waals surface area contributed by atoms with E-state index in [0.29, 0.717) is 0 Å². The molecule has 104 valence electrons. The number of ketones is 1. The standard InChI is InChI=1S/C12H21NO4S/c1-7(2)10(8(3)14)13-9(15)6-18-12(4,5)11(16)17/h7,10H,6H2,1-5H3,(H,13,15)(H,16,17). The molecule has 0 saturated carbocycles. The molecule has 0 aromatic carbocycles. The topological polar surface area (TPSA) is 83.5 Å². The van der Waals surface area contributed by atoms with Crippen LogP contribution in [-0.2, 0) is 14.4 Å². The van der Waals surface area contributed by atoms with E-state index in [4.69, 9.17) is 5.11 Å². The van der Waals surface area contributed by atoms with Crippen LogP contribution in [0.15, 0.2) is 0 Å². The van der Waals surface area contributed by atoms with Gasteiger partial charge in [0.25, 0.3) is 0 Å². The van der Waals surface area contributed by atoms with Crippen molar-refractivity contribution in [3.8, 4) is 0 Å². The van der Waals surface area contributed by atoms with Crippen molar-refractivity contribution in [2.75, 3.05) is 5.75 Å². The first-order valence-electron chi connectivity index (χ1n) is 5.75. The summed E-state index contributed by atoms with van der Waals surface area (Å²) in [5, 5.41) is 11.5. The summed E-state index contributed by atoms with van der Waals surface area (Å²) in [6.07, 6.45) is 0. The Kier molecular flexibility index (Phi) is 6.38. The number of hydrogen-bond donors (Lipinski definition) is 2. The van der Waals surface area contributed by atoms with E-state index in [9.17, 15) is 14.4 Å². The van der Waals surface area contributed by atoms with Crippen LogP contribution in [0.1, 0.15) is 34.6 Å². The van der Waals surface area contributed by atoms with Gasteiger partial charge in [-0.1, -0.05) is 13.8 Å². The van der Waals surface area contributed by atoms with Crippen LogP contribution in [0.5, 0.6) is 0 Å². The molecule has 0 aromatic heterocycles. The third-order valence-corrected chi connectivity index (χ3v) is 3.80. The molecule has 0 aromatic rings. The fourth-order valence-electron chi connectivity index (χ4n) is 1.26. The van der Waals surface area contributed by atoms with Crippen molar-refractivity contribution in [2.45, 2.75) is 45.4 Å². The molecule has 1 unspecified atom stereocenters. The van der Waals surface area contributed by atoms with Gasteiger partial charge in [0.05, 0.1) is 11.8 Å². The van der Waals surface area contributed by atoms with Gasteiger partial charge < -0.3 is 10.4 Å². The van der Waals surface area contributed by atoms with Crippen molar-refractivity contribution in [3.63, 3.8) is 0 Å². The van der Waals surface area contributed by atoms with Crippen LogP contribution in [0.2, 0.25) is 0 Å². The van der Waals surface area contributed by atoms with Crippen molar-refractivity contribution >= 4 is 29.4 Å². The van der Waals surface area contributed by atoms with E-state index < -0.39 is 16.8 Å². The quantitative estimate of drug-likeness (QED) is 0.732. The molecule has 0 saturated heterocycles. The molecule has 1 amide bonds. The van der Waals surface area contributed by atoms with Crippen molar-refractivity contribution in [2.24, 2.45) is 5.92 Å². The first-order chi connectivity index (χ1) is 8.08. The first-order valence-corrected chi connectivity index (χ1v) is 6.73. The largest absolute Gasteiger partial charge is 0.480 e. The summed E-state index contributed by atoms with van der Waals surface area (Å²) in [6, 6.07) is -0.508. The minimum atomic E-state index is -1.01. The molecule has 2 N–H and O–H groups in total. The predicted octanol–water partition coefficient (Wildman–Crippen LogP) is 1.31. The van der Waals surface area contributed by atoms with Gasteiger partial charge >= 0.3 is 5.97 Å². The Hall–Kier alpha value is -1.04. The molecule has 5 nitrogen and oxygen atoms in total. The maximum Gasteiger partial charge on any atom is 0.319 e. The smallest absolute Gasteiger partial charge is 0.319 e. The summed E-state index contributed by atoms with van der Waals surface area (Å²) < 4.78 is -1.01. The van der Waals surface area contributed by atoms with Crippen LogP contribution in [0.3, 0.4) is 0 Å². The molecule has 18 heavy (non-hydrogen) atoms. The van der Waals surface area contributed by atoms with Gasteiger partial charge in [0, 0.05) is 0 Å². The molecule has 0 heterocycles. The molecule has 0 spiro atoms. The number of Topliss-reactive ketones (excluding diaryl/α,β-unsaturated/α-hetero) is 1. The molecule has 0 aliphatic carbocycles. The van der Waals surface area contributed by atoms with Crippen molar-refractivity contribution in [1.82, 2.24) is 5.32 Å². The average Bonchev–Trinajstić information content (AvgIpc) is 2.22. The number of nitrogens with one attached hydrogen (secondary N) is 1. The summed E-state index contributed by atoms with van der Waals surface area (Å²) in [5.74, 6) is -1.34. The summed E-state index contributed by atoms with van der Waals surface area (Å²) in [4.78, 5) is 33.8. The highest BCUT2D eigenvalue weighted by Gasteiger charge is 2.29. The lowest BCUT2D eigenvalue weighted by Gasteiger charge is -2.21. The highest BCUT2D eigenvalue weighted by molar-refractivity contribution is 8.01. The third kappa shape index (κ3) is 5.53. The zero-order valence-corrected chi connectivity index (χ0v) is 12.3. The summed E-state index contributed by atoms with van der Waals surface area (Å²) >= 11 is 1.04. The SMILES string of the molecule is CC(=O)C(NC(=O)CSC(C)(C)C(=O)O)C(C)C. The number of carboxylic acids is 1. The van der Waals surface area contributed by atoms with Crippen molar-refractivity contribution in [1.29, 1.82) is 0 Å². The maximum atomic E-state index is 11.7. The lowest BCUT2D eigenvalue weighted by atomic mass is 10.0. The number of hydrogen-bond acceptors (Lipinski definition) is 4. The molecule has 0 rings (SSSR count). The fraction of sp³-hybridized carbons (Fsp3) is 0.750. The van der Waals surface area contributed by atoms with Gasteiger partial charge in [-0.05, 0) is 26.7 Å². The van der Waals surface area contributed by atoms with E-state index in [1.165, 1.54) is 20.8 Å². The van der Waals surface area contributed by atoms with Crippen LogP contribution >= 0.6 is 11.8 Å². The number of aliphatic carboxylic acids is 1. The van der Waals surface area contributed by atoms with E-state index in [1.54, 1.807) is 0 Å². The molecule has 1 atom stereocenters. The number of carboxylic acid groups (broad SMARTS) is 1. The summed E-state index contributed by atoms with van der Waals surface area (Å²) in [7, 11) is 0. The van der Waals surface area contributed by atoms with E-state index in [-0.39, 0.29) is 23.4 Å². The molecule has 0 fully saturated rings. The normalized spacial score (nSPS) is 13.2. The Morgan fingerprint density at radius 2 is 1.78 bits per heavy atom. The van der Waals surface area contributed by atoms with Gasteiger partial charge in [-0.15, -0.1) is 11.8 Å². The van der Waals surface area contributed by atoms with Gasteiger partial charge in [0.1, 0.15) is 4.75 Å². The molecular weight excluding hydrogens is 254 g/mol. The molecule has 0 aliphatic heterocycles. The van der Waals surface area contributed by atoms with Crippen LogP contribution in [0.4, 0.5) is 0 Å². The Morgan fingerprint density at radius 3 is 2.11 bits per heavy atom. The molecule has 6 heteroatoms. The van der Waals surface area contributed by atoms with Crippen molar-refractivity contribution < 1.29 is 19.5 Å². The minimum absolute atomic E-state index is 0.0175. The van der Waals surface area contributed by atoms with Gasteiger partial charge in [0.15, 0.2) is 5.78 Å². The minimum Gasteiger partial charge on any atom is -0.480 e. The average molecular weight is 275 g/mol. The number of amides is 1. The van der Waals surface area contributed by atoms with Crippen LogP contribution in [0, 0.1) is 5.92 Å². The van der Waals surface area contributed by atoms with Gasteiger partial charge in [-0.3, -0.25) is 14.4 Å².